The number of carbonyl (C=O) groups is 2. The number of anilines is 1. The number of aromatic hydroxyl groups is 1. The first kappa shape index (κ1) is 18.7. The van der Waals surface area contributed by atoms with E-state index in [1.807, 2.05) is 13.8 Å². The molecule has 2 amide bonds. The molecule has 6 nitrogen and oxygen atoms in total. The Morgan fingerprint density at radius 2 is 2.09 bits per heavy atom. The van der Waals surface area contributed by atoms with Crippen LogP contribution < -0.4 is 5.32 Å². The minimum absolute atomic E-state index is 0.102. The van der Waals surface area contributed by atoms with Gasteiger partial charge in [-0.05, 0) is 30.2 Å². The molecule has 0 aliphatic rings. The van der Waals surface area contributed by atoms with Gasteiger partial charge in [-0.2, -0.15) is 0 Å². The molecule has 0 saturated heterocycles. The topological polar surface area (TPSA) is 78.9 Å². The van der Waals surface area contributed by atoms with Gasteiger partial charge in [-0.25, -0.2) is 0 Å². The Morgan fingerprint density at radius 3 is 2.61 bits per heavy atom. The number of methoxy groups -OCH3 is 1. The second-order valence-corrected chi connectivity index (χ2v) is 5.63. The summed E-state index contributed by atoms with van der Waals surface area (Å²) in [6.07, 6.45) is 1.03. The summed E-state index contributed by atoms with van der Waals surface area (Å²) in [7, 11) is 3.25. The van der Waals surface area contributed by atoms with Gasteiger partial charge in [0.1, 0.15) is 5.75 Å². The highest BCUT2D eigenvalue weighted by Crippen LogP contribution is 2.23. The molecule has 0 bridgehead atoms. The average Bonchev–Trinajstić information content (AvgIpc) is 2.52. The van der Waals surface area contributed by atoms with E-state index < -0.39 is 0 Å². The third-order valence-corrected chi connectivity index (χ3v) is 3.53. The summed E-state index contributed by atoms with van der Waals surface area (Å²) in [5, 5.41) is 12.5. The first-order valence-electron chi connectivity index (χ1n) is 7.34. The average molecular weight is 320 g/mol. The monoisotopic (exact) mass is 320 g/mol. The van der Waals surface area contributed by atoms with Gasteiger partial charge in [0.25, 0.3) is 5.91 Å². The summed E-state index contributed by atoms with van der Waals surface area (Å²) in [4.78, 5) is 25.3. The number of phenolic OH excluding ortho intramolecular Hbond substituents is 1. The minimum Gasteiger partial charge on any atom is -0.507 e. The van der Waals surface area contributed by atoms with Crippen LogP contribution >= 0.6 is 0 Å². The van der Waals surface area contributed by atoms with E-state index in [0.29, 0.717) is 12.2 Å². The number of hydrogen-bond donors (Lipinski definition) is 2. The molecule has 1 unspecified atom stereocenters. The molecule has 1 aromatic carbocycles. The fraction of sp³-hybridized carbons (Fsp3) is 0.412. The molecular formula is C17H24N2O4. The minimum atomic E-state index is -0.387. The number of ether oxygens (including phenoxy) is 1. The molecule has 0 aliphatic heterocycles. The zero-order chi connectivity index (χ0) is 17.6. The summed E-state index contributed by atoms with van der Waals surface area (Å²) in [6, 6.07) is 4.32. The van der Waals surface area contributed by atoms with Crippen molar-refractivity contribution < 1.29 is 19.4 Å². The van der Waals surface area contributed by atoms with Crippen LogP contribution in [0.3, 0.4) is 0 Å². The van der Waals surface area contributed by atoms with Crippen molar-refractivity contribution in [3.8, 4) is 5.75 Å². The maximum Gasteiger partial charge on any atom is 0.257 e. The summed E-state index contributed by atoms with van der Waals surface area (Å²) in [5.74, 6) is -0.624. The van der Waals surface area contributed by atoms with Crippen molar-refractivity contribution in [2.45, 2.75) is 20.0 Å². The van der Waals surface area contributed by atoms with E-state index in [2.05, 4.69) is 11.9 Å². The number of nitrogens with zero attached hydrogens (tertiary/aromatic N) is 1. The van der Waals surface area contributed by atoms with Crippen molar-refractivity contribution in [1.29, 1.82) is 0 Å². The highest BCUT2D eigenvalue weighted by Gasteiger charge is 2.21. The van der Waals surface area contributed by atoms with Crippen molar-refractivity contribution in [3.05, 3.63) is 36.4 Å². The molecule has 23 heavy (non-hydrogen) atoms. The van der Waals surface area contributed by atoms with E-state index in [1.54, 1.807) is 14.2 Å². The SMILES string of the molecule is C=CC(=O)Nc1ccc(O)c(C(=O)N(C)CC(OC)C(C)C)c1. The van der Waals surface area contributed by atoms with Crippen LogP contribution in [-0.4, -0.2) is 48.6 Å². The van der Waals surface area contributed by atoms with Crippen molar-refractivity contribution in [1.82, 2.24) is 4.90 Å². The third-order valence-electron chi connectivity index (χ3n) is 3.53. The van der Waals surface area contributed by atoms with Crippen LogP contribution in [-0.2, 0) is 9.53 Å². The molecule has 1 rings (SSSR count). The quantitative estimate of drug-likeness (QED) is 0.596. The predicted octanol–water partition coefficient (Wildman–Crippen LogP) is 2.26. The molecule has 1 atom stereocenters. The van der Waals surface area contributed by atoms with Gasteiger partial charge in [0.2, 0.25) is 5.91 Å². The lowest BCUT2D eigenvalue weighted by Gasteiger charge is -2.26. The Morgan fingerprint density at radius 1 is 1.43 bits per heavy atom. The lowest BCUT2D eigenvalue weighted by molar-refractivity contribution is -0.111. The first-order chi connectivity index (χ1) is 10.8. The van der Waals surface area contributed by atoms with Crippen LogP contribution in [0.15, 0.2) is 30.9 Å². The van der Waals surface area contributed by atoms with Crippen LogP contribution in [0.4, 0.5) is 5.69 Å². The summed E-state index contributed by atoms with van der Waals surface area (Å²) in [5.41, 5.74) is 0.532. The molecule has 0 fully saturated rings. The predicted molar refractivity (Wildman–Crippen MR) is 89.5 cm³/mol. The number of phenols is 1. The zero-order valence-electron chi connectivity index (χ0n) is 14.0. The van der Waals surface area contributed by atoms with E-state index in [9.17, 15) is 14.7 Å². The van der Waals surface area contributed by atoms with E-state index in [-0.39, 0.29) is 35.1 Å². The third kappa shape index (κ3) is 5.10. The van der Waals surface area contributed by atoms with Gasteiger partial charge >= 0.3 is 0 Å². The largest absolute Gasteiger partial charge is 0.507 e. The van der Waals surface area contributed by atoms with Gasteiger partial charge in [0, 0.05) is 26.4 Å². The number of rotatable bonds is 7. The van der Waals surface area contributed by atoms with Crippen molar-refractivity contribution >= 4 is 17.5 Å². The number of hydrogen-bond acceptors (Lipinski definition) is 4. The van der Waals surface area contributed by atoms with E-state index in [0.717, 1.165) is 6.08 Å². The van der Waals surface area contributed by atoms with Crippen LogP contribution in [0.1, 0.15) is 24.2 Å². The van der Waals surface area contributed by atoms with Crippen molar-refractivity contribution in [2.75, 3.05) is 26.0 Å². The molecule has 1 aromatic rings. The Labute approximate surface area is 136 Å². The Balaban J connectivity index is 2.95. The Bertz CT molecular complexity index is 584. The molecule has 0 spiro atoms. The van der Waals surface area contributed by atoms with Crippen molar-refractivity contribution in [3.63, 3.8) is 0 Å². The fourth-order valence-corrected chi connectivity index (χ4v) is 2.09. The number of likely N-dealkylation sites (N-methyl/N-ethyl adjacent to an activating group) is 1. The summed E-state index contributed by atoms with van der Waals surface area (Å²) in [6.45, 7) is 7.79. The van der Waals surface area contributed by atoms with Crippen molar-refractivity contribution in [2.24, 2.45) is 5.92 Å². The molecule has 0 saturated carbocycles. The van der Waals surface area contributed by atoms with E-state index >= 15 is 0 Å². The number of nitrogens with one attached hydrogen (secondary N) is 1. The lowest BCUT2D eigenvalue weighted by atomic mass is 10.1. The Kier molecular flexibility index (Phi) is 6.78. The smallest absolute Gasteiger partial charge is 0.257 e. The molecule has 0 aromatic heterocycles. The molecular weight excluding hydrogens is 296 g/mol. The van der Waals surface area contributed by atoms with E-state index in [4.69, 9.17) is 4.74 Å². The first-order valence-corrected chi connectivity index (χ1v) is 7.34. The summed E-state index contributed by atoms with van der Waals surface area (Å²) < 4.78 is 5.37. The van der Waals surface area contributed by atoms with Crippen LogP contribution in [0.2, 0.25) is 0 Å². The number of carbonyl (C=O) groups excluding carboxylic acids is 2. The second-order valence-electron chi connectivity index (χ2n) is 5.63. The van der Waals surface area contributed by atoms with E-state index in [1.165, 1.54) is 23.1 Å². The molecule has 0 heterocycles. The summed E-state index contributed by atoms with van der Waals surface area (Å²) >= 11 is 0. The highest BCUT2D eigenvalue weighted by molar-refractivity contribution is 6.01. The number of benzene rings is 1. The van der Waals surface area contributed by atoms with Crippen LogP contribution in [0.5, 0.6) is 5.75 Å². The van der Waals surface area contributed by atoms with Gasteiger partial charge in [-0.15, -0.1) is 0 Å². The normalized spacial score (nSPS) is 11.9. The fourth-order valence-electron chi connectivity index (χ4n) is 2.09. The maximum atomic E-state index is 12.5. The second kappa shape index (κ2) is 8.33. The van der Waals surface area contributed by atoms with Gasteiger partial charge in [-0.1, -0.05) is 20.4 Å². The molecule has 0 radical (unpaired) electrons. The standard InChI is InChI=1S/C17H24N2O4/c1-6-16(21)18-12-7-8-14(20)13(9-12)17(22)19(4)10-15(23-5)11(2)3/h6-9,11,15,20H,1,10H2,2-5H3,(H,18,21). The lowest BCUT2D eigenvalue weighted by Crippen LogP contribution is -2.37. The molecule has 6 heteroatoms. The molecule has 126 valence electrons. The van der Waals surface area contributed by atoms with Crippen LogP contribution in [0, 0.1) is 5.92 Å². The highest BCUT2D eigenvalue weighted by atomic mass is 16.5. The molecule has 2 N–H and O–H groups in total. The molecule has 0 aliphatic carbocycles. The Hall–Kier alpha value is -2.34. The van der Waals surface area contributed by atoms with Gasteiger partial charge in [0.05, 0.1) is 11.7 Å². The van der Waals surface area contributed by atoms with Gasteiger partial charge in [-0.3, -0.25) is 9.59 Å². The van der Waals surface area contributed by atoms with Crippen LogP contribution in [0.25, 0.3) is 0 Å². The van der Waals surface area contributed by atoms with Gasteiger partial charge in [0.15, 0.2) is 0 Å². The van der Waals surface area contributed by atoms with Gasteiger partial charge < -0.3 is 20.1 Å². The number of amides is 2. The maximum absolute atomic E-state index is 12.5. The zero-order valence-corrected chi connectivity index (χ0v) is 14.0.